The predicted octanol–water partition coefficient (Wildman–Crippen LogP) is 12.9. The molecule has 0 aliphatic rings. The Labute approximate surface area is 389 Å². The van der Waals surface area contributed by atoms with Crippen LogP contribution in [0.25, 0.3) is 0 Å². The van der Waals surface area contributed by atoms with E-state index in [1.54, 1.807) is 12.1 Å². The lowest BCUT2D eigenvalue weighted by Crippen LogP contribution is -2.16. The van der Waals surface area contributed by atoms with Crippen LogP contribution in [0.1, 0.15) is 118 Å². The Balaban J connectivity index is 1.05. The van der Waals surface area contributed by atoms with Crippen molar-refractivity contribution in [3.63, 3.8) is 0 Å². The van der Waals surface area contributed by atoms with Crippen LogP contribution in [0.3, 0.4) is 0 Å². The summed E-state index contributed by atoms with van der Waals surface area (Å²) in [6.07, 6.45) is 4.48. The molecule has 0 aliphatic heterocycles. The molecule has 65 heavy (non-hydrogen) atoms. The third kappa shape index (κ3) is 16.9. The lowest BCUT2D eigenvalue weighted by molar-refractivity contribution is 0.0483. The molecule has 6 aromatic rings. The molecule has 6 rings (SSSR count). The van der Waals surface area contributed by atoms with Crippen molar-refractivity contribution in [3.8, 4) is 70.7 Å². The molecule has 1 atom stereocenters. The number of ether oxygens (including phenoxy) is 1. The van der Waals surface area contributed by atoms with Gasteiger partial charge in [0.15, 0.2) is 0 Å². The number of hydrogen-bond acceptors (Lipinski definition) is 2. The predicted molar refractivity (Wildman–Crippen MR) is 272 cm³/mol. The molecule has 6 aromatic carbocycles. The first-order chi connectivity index (χ1) is 31.4. The molecule has 0 saturated heterocycles. The van der Waals surface area contributed by atoms with E-state index in [1.807, 2.05) is 133 Å². The summed E-state index contributed by atoms with van der Waals surface area (Å²) >= 11 is 0. The monoisotopic (exact) mass is 858 g/mol. The summed E-state index contributed by atoms with van der Waals surface area (Å²) in [6, 6.07) is 47.1. The Morgan fingerprint density at radius 1 is 0.431 bits per heavy atom. The molecule has 0 bridgehead atoms. The first-order valence-corrected chi connectivity index (χ1v) is 25.8. The maximum Gasteiger partial charge on any atom is 0.338 e. The van der Waals surface area contributed by atoms with Crippen molar-refractivity contribution in [1.29, 1.82) is 0 Å². The second-order valence-electron chi connectivity index (χ2n) is 17.6. The van der Waals surface area contributed by atoms with E-state index >= 15 is 0 Å². The van der Waals surface area contributed by atoms with Gasteiger partial charge in [-0.05, 0) is 127 Å². The molecule has 318 valence electrons. The van der Waals surface area contributed by atoms with Crippen LogP contribution in [0.4, 0.5) is 0 Å². The quantitative estimate of drug-likeness (QED) is 0.0866. The van der Waals surface area contributed by atoms with Gasteiger partial charge in [-0.2, -0.15) is 0 Å². The topological polar surface area (TPSA) is 26.3 Å². The van der Waals surface area contributed by atoms with Gasteiger partial charge in [0.25, 0.3) is 0 Å². The third-order valence-electron chi connectivity index (χ3n) is 10.1. The van der Waals surface area contributed by atoms with Gasteiger partial charge in [-0.3, -0.25) is 0 Å². The van der Waals surface area contributed by atoms with Crippen LogP contribution in [-0.2, 0) is 4.74 Å². The van der Waals surface area contributed by atoms with Gasteiger partial charge in [-0.25, -0.2) is 4.79 Å². The number of carbonyl (C=O) groups is 1. The summed E-state index contributed by atoms with van der Waals surface area (Å²) in [5.41, 5.74) is 13.6. The van der Waals surface area contributed by atoms with Crippen molar-refractivity contribution < 1.29 is 9.53 Å². The van der Waals surface area contributed by atoms with Crippen LogP contribution in [0, 0.1) is 82.5 Å². The van der Waals surface area contributed by atoms with Crippen molar-refractivity contribution in [1.82, 2.24) is 0 Å². The van der Waals surface area contributed by atoms with Gasteiger partial charge in [0.05, 0.1) is 12.2 Å². The number of rotatable bonds is 8. The number of esters is 1. The van der Waals surface area contributed by atoms with E-state index in [-0.39, 0.29) is 5.97 Å². The van der Waals surface area contributed by atoms with Crippen LogP contribution in [-0.4, -0.2) is 20.7 Å². The molecule has 0 unspecified atom stereocenters. The zero-order chi connectivity index (χ0) is 45.9. The molecule has 0 aromatic heterocycles. The fraction of sp³-hybridized carbons (Fsp3) is 0.210. The van der Waals surface area contributed by atoms with E-state index in [4.69, 9.17) is 4.74 Å². The lowest BCUT2D eigenvalue weighted by atomic mass is 9.98. The van der Waals surface area contributed by atoms with Gasteiger partial charge in [0.1, 0.15) is 8.07 Å². The zero-order valence-corrected chi connectivity index (χ0v) is 39.4. The van der Waals surface area contributed by atoms with Gasteiger partial charge in [-0.15, -0.1) is 5.54 Å². The minimum Gasteiger partial charge on any atom is -0.462 e. The van der Waals surface area contributed by atoms with Crippen molar-refractivity contribution in [2.75, 3.05) is 6.61 Å². The Morgan fingerprint density at radius 3 is 1.06 bits per heavy atom. The highest BCUT2D eigenvalue weighted by Gasteiger charge is 2.10. The largest absolute Gasteiger partial charge is 0.462 e. The van der Waals surface area contributed by atoms with Crippen LogP contribution < -0.4 is 0 Å². The summed E-state index contributed by atoms with van der Waals surface area (Å²) < 4.78 is 5.60. The number of carbonyl (C=O) groups excluding carboxylic acids is 1. The molecular formula is C62H54O2Si. The molecular weight excluding hydrogens is 805 g/mol. The zero-order valence-electron chi connectivity index (χ0n) is 38.4. The van der Waals surface area contributed by atoms with Gasteiger partial charge in [0.2, 0.25) is 0 Å². The summed E-state index contributed by atoms with van der Waals surface area (Å²) in [7, 11) is -1.45. The smallest absolute Gasteiger partial charge is 0.338 e. The van der Waals surface area contributed by atoms with Crippen LogP contribution >= 0.6 is 0 Å². The fourth-order valence-electron chi connectivity index (χ4n) is 6.53. The summed E-state index contributed by atoms with van der Waals surface area (Å²) in [6.45, 7) is 13.9. The number of benzene rings is 6. The third-order valence-corrected chi connectivity index (χ3v) is 10.9. The minimum atomic E-state index is -1.45. The highest BCUT2D eigenvalue weighted by molar-refractivity contribution is 6.83. The first kappa shape index (κ1) is 46.9. The molecule has 0 radical (unpaired) electrons. The van der Waals surface area contributed by atoms with Gasteiger partial charge >= 0.3 is 5.97 Å². The highest BCUT2D eigenvalue weighted by atomic mass is 28.3. The molecule has 0 fully saturated rings. The summed E-state index contributed by atoms with van der Waals surface area (Å²) in [5, 5.41) is 0. The summed E-state index contributed by atoms with van der Waals surface area (Å²) in [5.74, 6) is 37.0. The molecule has 0 heterocycles. The highest BCUT2D eigenvalue weighted by Crippen LogP contribution is 2.16. The lowest BCUT2D eigenvalue weighted by Gasteiger charge is -2.12. The number of hydrogen-bond donors (Lipinski definition) is 0. The maximum absolute atomic E-state index is 12.8. The van der Waals surface area contributed by atoms with Crippen molar-refractivity contribution in [2.24, 2.45) is 11.8 Å². The first-order valence-electron chi connectivity index (χ1n) is 22.3. The SMILES string of the molecule is CC(C)CCC[C@H](C)CCOC(=O)c1cccc(C#Cc2cccc(C#Cc3cccc(C#Cc4cccc(C#Cc5cccc(C#Cc6cccc(C#C[Si](C)(C)C)c6)c5)c4)c3)c2)c1. The molecule has 0 N–H and O–H groups in total. The van der Waals surface area contributed by atoms with Crippen molar-refractivity contribution >= 4 is 14.0 Å². The Morgan fingerprint density at radius 2 is 0.738 bits per heavy atom. The van der Waals surface area contributed by atoms with E-state index in [9.17, 15) is 4.79 Å². The van der Waals surface area contributed by atoms with Crippen LogP contribution in [0.15, 0.2) is 146 Å². The Bertz CT molecular complexity index is 3040. The van der Waals surface area contributed by atoms with Gasteiger partial charge in [0, 0.05) is 61.2 Å². The molecule has 0 aliphatic carbocycles. The van der Waals surface area contributed by atoms with Crippen LogP contribution in [0.5, 0.6) is 0 Å². The fourth-order valence-corrected chi connectivity index (χ4v) is 7.05. The average Bonchev–Trinajstić information content (AvgIpc) is 3.30. The standard InChI is InChI=1S/C62H54O2Si/c1-48(2)14-7-15-49(3)38-40-64-62(63)61-27-13-26-59(47-61)37-36-57-23-11-22-55(45-57)33-32-53-19-9-18-51(43-53)29-28-50-16-8-17-52(42-50)30-31-54-20-10-21-56(44-54)34-35-58-24-12-25-60(46-58)39-41-65(4,5)6/h8-13,16-27,42-49H,7,14-15,38,40H2,1-6H3/t49-/m0/s1. The van der Waals surface area contributed by atoms with Gasteiger partial charge in [-0.1, -0.05) is 161 Å². The second kappa shape index (κ2) is 23.7. The van der Waals surface area contributed by atoms with Gasteiger partial charge < -0.3 is 4.74 Å². The Kier molecular flexibility index (Phi) is 17.1. The van der Waals surface area contributed by atoms with E-state index in [0.717, 1.165) is 80.0 Å². The average molecular weight is 859 g/mol. The Hall–Kier alpha value is -7.63. The van der Waals surface area contributed by atoms with E-state index in [2.05, 4.69) is 111 Å². The summed E-state index contributed by atoms with van der Waals surface area (Å²) in [4.78, 5) is 12.8. The van der Waals surface area contributed by atoms with Crippen molar-refractivity contribution in [2.45, 2.75) is 66.1 Å². The molecule has 3 heteroatoms. The minimum absolute atomic E-state index is 0.312. The molecule has 0 spiro atoms. The van der Waals surface area contributed by atoms with E-state index < -0.39 is 8.07 Å². The van der Waals surface area contributed by atoms with E-state index in [1.165, 1.54) is 12.8 Å². The van der Waals surface area contributed by atoms with E-state index in [0.29, 0.717) is 18.1 Å². The molecule has 0 amide bonds. The second-order valence-corrected chi connectivity index (χ2v) is 22.3. The van der Waals surface area contributed by atoms with Crippen molar-refractivity contribution in [3.05, 3.63) is 212 Å². The normalized spacial score (nSPS) is 10.6. The van der Waals surface area contributed by atoms with Crippen LogP contribution in [0.2, 0.25) is 19.6 Å². The molecule has 2 nitrogen and oxygen atoms in total. The molecule has 0 saturated carbocycles. The maximum atomic E-state index is 12.8.